The lowest BCUT2D eigenvalue weighted by Gasteiger charge is -2.20. The lowest BCUT2D eigenvalue weighted by Crippen LogP contribution is -2.20. The Morgan fingerprint density at radius 2 is 1.63 bits per heavy atom. The number of hydrogen-bond acceptors (Lipinski definition) is 2. The van der Waals surface area contributed by atoms with E-state index in [1.54, 1.807) is 12.1 Å². The van der Waals surface area contributed by atoms with E-state index in [-0.39, 0.29) is 5.82 Å². The van der Waals surface area contributed by atoms with Crippen molar-refractivity contribution in [1.82, 2.24) is 0 Å². The van der Waals surface area contributed by atoms with Crippen molar-refractivity contribution in [1.29, 1.82) is 0 Å². The van der Waals surface area contributed by atoms with Crippen LogP contribution < -0.4 is 10.6 Å². The monoisotopic (exact) mass is 258 g/mol. The standard InChI is InChI=1S/C16H19FN2/c1-19(16-8-6-15(17)7-9-16)11-10-13-4-2-3-5-14(13)12-18/h2-9H,10-12,18H2,1H3. The van der Waals surface area contributed by atoms with Crippen molar-refractivity contribution in [3.8, 4) is 0 Å². The van der Waals surface area contributed by atoms with Crippen LogP contribution in [0.25, 0.3) is 0 Å². The molecule has 0 bridgehead atoms. The highest BCUT2D eigenvalue weighted by Crippen LogP contribution is 2.15. The maximum Gasteiger partial charge on any atom is 0.123 e. The van der Waals surface area contributed by atoms with Gasteiger partial charge in [0, 0.05) is 25.8 Å². The van der Waals surface area contributed by atoms with Crippen LogP contribution >= 0.6 is 0 Å². The molecule has 0 aliphatic heterocycles. The van der Waals surface area contributed by atoms with Gasteiger partial charge in [0.15, 0.2) is 0 Å². The Labute approximate surface area is 113 Å². The average Bonchev–Trinajstić information content (AvgIpc) is 2.45. The molecule has 0 unspecified atom stereocenters. The molecule has 0 spiro atoms. The van der Waals surface area contributed by atoms with E-state index in [1.807, 2.05) is 19.2 Å². The van der Waals surface area contributed by atoms with Gasteiger partial charge in [0.05, 0.1) is 0 Å². The molecule has 0 aromatic heterocycles. The van der Waals surface area contributed by atoms with Gasteiger partial charge in [-0.05, 0) is 41.8 Å². The van der Waals surface area contributed by atoms with Crippen LogP contribution in [0.15, 0.2) is 48.5 Å². The number of nitrogens with zero attached hydrogens (tertiary/aromatic N) is 1. The van der Waals surface area contributed by atoms with E-state index in [0.717, 1.165) is 18.7 Å². The van der Waals surface area contributed by atoms with Crippen molar-refractivity contribution in [2.75, 3.05) is 18.5 Å². The minimum absolute atomic E-state index is 0.203. The van der Waals surface area contributed by atoms with Gasteiger partial charge in [-0.3, -0.25) is 0 Å². The van der Waals surface area contributed by atoms with E-state index >= 15 is 0 Å². The first kappa shape index (κ1) is 13.6. The highest BCUT2D eigenvalue weighted by Gasteiger charge is 2.04. The number of nitrogens with two attached hydrogens (primary N) is 1. The van der Waals surface area contributed by atoms with Crippen LogP contribution in [0.2, 0.25) is 0 Å². The summed E-state index contributed by atoms with van der Waals surface area (Å²) >= 11 is 0. The van der Waals surface area contributed by atoms with Gasteiger partial charge in [0.2, 0.25) is 0 Å². The molecule has 0 heterocycles. The van der Waals surface area contributed by atoms with E-state index in [2.05, 4.69) is 17.0 Å². The van der Waals surface area contributed by atoms with Crippen LogP contribution in [-0.4, -0.2) is 13.6 Å². The first-order chi connectivity index (χ1) is 9.20. The van der Waals surface area contributed by atoms with Crippen LogP contribution in [-0.2, 0) is 13.0 Å². The number of anilines is 1. The quantitative estimate of drug-likeness (QED) is 0.893. The fourth-order valence-corrected chi connectivity index (χ4v) is 2.11. The third-order valence-corrected chi connectivity index (χ3v) is 3.32. The molecule has 0 radical (unpaired) electrons. The molecule has 2 N–H and O–H groups in total. The summed E-state index contributed by atoms with van der Waals surface area (Å²) < 4.78 is 12.9. The summed E-state index contributed by atoms with van der Waals surface area (Å²) in [6.07, 6.45) is 0.932. The second-order valence-electron chi connectivity index (χ2n) is 4.62. The molecule has 0 atom stereocenters. The maximum atomic E-state index is 12.9. The minimum Gasteiger partial charge on any atom is -0.374 e. The molecular formula is C16H19FN2. The van der Waals surface area contributed by atoms with E-state index in [9.17, 15) is 4.39 Å². The first-order valence-corrected chi connectivity index (χ1v) is 6.44. The second kappa shape index (κ2) is 6.34. The molecule has 2 aromatic rings. The zero-order valence-corrected chi connectivity index (χ0v) is 11.1. The molecule has 19 heavy (non-hydrogen) atoms. The first-order valence-electron chi connectivity index (χ1n) is 6.44. The zero-order valence-electron chi connectivity index (χ0n) is 11.1. The third-order valence-electron chi connectivity index (χ3n) is 3.32. The van der Waals surface area contributed by atoms with Gasteiger partial charge in [-0.1, -0.05) is 24.3 Å². The van der Waals surface area contributed by atoms with Crippen LogP contribution in [0, 0.1) is 5.82 Å². The van der Waals surface area contributed by atoms with Crippen molar-refractivity contribution in [2.45, 2.75) is 13.0 Å². The molecule has 0 aliphatic carbocycles. The van der Waals surface area contributed by atoms with Crippen molar-refractivity contribution >= 4 is 5.69 Å². The van der Waals surface area contributed by atoms with Gasteiger partial charge in [0.1, 0.15) is 5.82 Å². The van der Waals surface area contributed by atoms with Crippen LogP contribution in [0.3, 0.4) is 0 Å². The second-order valence-corrected chi connectivity index (χ2v) is 4.62. The molecule has 0 aliphatic rings. The third kappa shape index (κ3) is 3.55. The summed E-state index contributed by atoms with van der Waals surface area (Å²) in [6.45, 7) is 1.44. The van der Waals surface area contributed by atoms with Crippen molar-refractivity contribution in [3.63, 3.8) is 0 Å². The van der Waals surface area contributed by atoms with Crippen LogP contribution in [0.1, 0.15) is 11.1 Å². The van der Waals surface area contributed by atoms with Gasteiger partial charge in [-0.2, -0.15) is 0 Å². The summed E-state index contributed by atoms with van der Waals surface area (Å²) in [5.41, 5.74) is 9.22. The molecule has 0 saturated heterocycles. The molecule has 2 aromatic carbocycles. The average molecular weight is 258 g/mol. The van der Waals surface area contributed by atoms with Crippen LogP contribution in [0.4, 0.5) is 10.1 Å². The number of halogens is 1. The molecule has 2 nitrogen and oxygen atoms in total. The number of rotatable bonds is 5. The predicted octanol–water partition coefficient (Wildman–Crippen LogP) is 2.96. The summed E-state index contributed by atoms with van der Waals surface area (Å²) in [5.74, 6) is -0.203. The van der Waals surface area contributed by atoms with Gasteiger partial charge in [-0.15, -0.1) is 0 Å². The normalized spacial score (nSPS) is 10.5. The molecule has 100 valence electrons. The molecule has 0 amide bonds. The summed E-state index contributed by atoms with van der Waals surface area (Å²) in [7, 11) is 2.01. The molecule has 0 saturated carbocycles. The molecular weight excluding hydrogens is 239 g/mol. The predicted molar refractivity (Wildman–Crippen MR) is 77.7 cm³/mol. The molecule has 3 heteroatoms. The topological polar surface area (TPSA) is 29.3 Å². The van der Waals surface area contributed by atoms with Gasteiger partial charge in [0.25, 0.3) is 0 Å². The summed E-state index contributed by atoms with van der Waals surface area (Å²) in [6, 6.07) is 14.8. The SMILES string of the molecule is CN(CCc1ccccc1CN)c1ccc(F)cc1. The Bertz CT molecular complexity index is 523. The van der Waals surface area contributed by atoms with Crippen LogP contribution in [0.5, 0.6) is 0 Å². The van der Waals surface area contributed by atoms with Gasteiger partial charge in [-0.25, -0.2) is 4.39 Å². The fraction of sp³-hybridized carbons (Fsp3) is 0.250. The summed E-state index contributed by atoms with van der Waals surface area (Å²) in [4.78, 5) is 2.12. The lowest BCUT2D eigenvalue weighted by molar-refractivity contribution is 0.627. The van der Waals surface area contributed by atoms with E-state index in [1.165, 1.54) is 23.3 Å². The highest BCUT2D eigenvalue weighted by atomic mass is 19.1. The fourth-order valence-electron chi connectivity index (χ4n) is 2.11. The Morgan fingerprint density at radius 1 is 1.00 bits per heavy atom. The Balaban J connectivity index is 2.00. The minimum atomic E-state index is -0.203. The smallest absolute Gasteiger partial charge is 0.123 e. The maximum absolute atomic E-state index is 12.9. The zero-order chi connectivity index (χ0) is 13.7. The molecule has 2 rings (SSSR count). The Kier molecular flexibility index (Phi) is 4.53. The highest BCUT2D eigenvalue weighted by molar-refractivity contribution is 5.45. The molecule has 0 fully saturated rings. The largest absolute Gasteiger partial charge is 0.374 e. The van der Waals surface area contributed by atoms with Gasteiger partial charge >= 0.3 is 0 Å². The number of benzene rings is 2. The Hall–Kier alpha value is -1.87. The lowest BCUT2D eigenvalue weighted by atomic mass is 10.0. The van der Waals surface area contributed by atoms with Crippen molar-refractivity contribution < 1.29 is 4.39 Å². The number of likely N-dealkylation sites (N-methyl/N-ethyl adjacent to an activating group) is 1. The van der Waals surface area contributed by atoms with Crippen molar-refractivity contribution in [2.24, 2.45) is 5.73 Å². The van der Waals surface area contributed by atoms with E-state index < -0.39 is 0 Å². The van der Waals surface area contributed by atoms with E-state index in [4.69, 9.17) is 5.73 Å². The Morgan fingerprint density at radius 3 is 2.26 bits per heavy atom. The van der Waals surface area contributed by atoms with Crippen molar-refractivity contribution in [3.05, 3.63) is 65.5 Å². The van der Waals surface area contributed by atoms with E-state index in [0.29, 0.717) is 6.54 Å². The van der Waals surface area contributed by atoms with Gasteiger partial charge < -0.3 is 10.6 Å². The summed E-state index contributed by atoms with van der Waals surface area (Å²) in [5, 5.41) is 0. The number of hydrogen-bond donors (Lipinski definition) is 1.